The number of hydrogen-bond donors (Lipinski definition) is 1. The van der Waals surface area contributed by atoms with Crippen molar-refractivity contribution in [1.82, 2.24) is 10.2 Å². The molecule has 0 aromatic heterocycles. The SMILES string of the molecule is CC(Oc1ccc(-c2ccccc2)cc1)C(=O)N1CCNC(=O)C1CC(=O)OCCOc1ccccc1. The predicted octanol–water partition coefficient (Wildman–Crippen LogP) is 3.46. The molecule has 192 valence electrons. The molecule has 0 saturated carbocycles. The number of ether oxygens (including phenoxy) is 3. The molecular weight excluding hydrogens is 472 g/mol. The van der Waals surface area contributed by atoms with Gasteiger partial charge in [-0.1, -0.05) is 60.7 Å². The van der Waals surface area contributed by atoms with Gasteiger partial charge in [0.2, 0.25) is 5.91 Å². The lowest BCUT2D eigenvalue weighted by molar-refractivity contribution is -0.154. The number of para-hydroxylation sites is 1. The Balaban J connectivity index is 1.30. The van der Waals surface area contributed by atoms with Gasteiger partial charge < -0.3 is 24.4 Å². The van der Waals surface area contributed by atoms with E-state index in [-0.39, 0.29) is 32.1 Å². The van der Waals surface area contributed by atoms with Crippen LogP contribution in [0.5, 0.6) is 11.5 Å². The van der Waals surface area contributed by atoms with Gasteiger partial charge in [-0.05, 0) is 42.3 Å². The van der Waals surface area contributed by atoms with Crippen molar-refractivity contribution < 1.29 is 28.6 Å². The van der Waals surface area contributed by atoms with Crippen LogP contribution in [0.3, 0.4) is 0 Å². The van der Waals surface area contributed by atoms with Crippen molar-refractivity contribution in [1.29, 1.82) is 0 Å². The number of hydrogen-bond acceptors (Lipinski definition) is 6. The van der Waals surface area contributed by atoms with Gasteiger partial charge in [-0.2, -0.15) is 0 Å². The molecule has 0 aliphatic carbocycles. The van der Waals surface area contributed by atoms with E-state index in [0.717, 1.165) is 11.1 Å². The average molecular weight is 503 g/mol. The van der Waals surface area contributed by atoms with E-state index < -0.39 is 24.0 Å². The van der Waals surface area contributed by atoms with Gasteiger partial charge in [-0.3, -0.25) is 14.4 Å². The summed E-state index contributed by atoms with van der Waals surface area (Å²) in [4.78, 5) is 39.5. The van der Waals surface area contributed by atoms with E-state index in [9.17, 15) is 14.4 Å². The molecule has 0 radical (unpaired) electrons. The minimum Gasteiger partial charge on any atom is -0.490 e. The molecule has 4 rings (SSSR count). The number of nitrogens with zero attached hydrogens (tertiary/aromatic N) is 1. The Kier molecular flexibility index (Phi) is 8.75. The van der Waals surface area contributed by atoms with E-state index in [0.29, 0.717) is 18.0 Å². The molecule has 1 heterocycles. The van der Waals surface area contributed by atoms with Gasteiger partial charge in [0.25, 0.3) is 5.91 Å². The zero-order chi connectivity index (χ0) is 26.0. The zero-order valence-electron chi connectivity index (χ0n) is 20.7. The summed E-state index contributed by atoms with van der Waals surface area (Å²) in [5, 5.41) is 2.72. The van der Waals surface area contributed by atoms with Crippen LogP contribution in [-0.2, 0) is 19.1 Å². The van der Waals surface area contributed by atoms with Crippen molar-refractivity contribution in [2.75, 3.05) is 26.3 Å². The highest BCUT2D eigenvalue weighted by Gasteiger charge is 2.37. The molecule has 2 amide bonds. The summed E-state index contributed by atoms with van der Waals surface area (Å²) in [6.45, 7) is 2.44. The monoisotopic (exact) mass is 502 g/mol. The number of carbonyl (C=O) groups excluding carboxylic acids is 3. The first kappa shape index (κ1) is 25.8. The molecule has 0 bridgehead atoms. The Labute approximate surface area is 216 Å². The summed E-state index contributed by atoms with van der Waals surface area (Å²) >= 11 is 0. The average Bonchev–Trinajstić information content (AvgIpc) is 2.93. The Morgan fingerprint density at radius 1 is 0.892 bits per heavy atom. The summed E-state index contributed by atoms with van der Waals surface area (Å²) in [5.74, 6) is -0.132. The van der Waals surface area contributed by atoms with E-state index in [4.69, 9.17) is 14.2 Å². The number of nitrogens with one attached hydrogen (secondary N) is 1. The summed E-state index contributed by atoms with van der Waals surface area (Å²) < 4.78 is 16.6. The number of rotatable bonds is 10. The van der Waals surface area contributed by atoms with Gasteiger partial charge in [0.1, 0.15) is 30.8 Å². The third-order valence-electron chi connectivity index (χ3n) is 5.95. The number of benzene rings is 3. The second kappa shape index (κ2) is 12.6. The molecule has 3 aromatic rings. The van der Waals surface area contributed by atoms with Gasteiger partial charge in [-0.25, -0.2) is 0 Å². The maximum Gasteiger partial charge on any atom is 0.308 e. The maximum atomic E-state index is 13.2. The number of esters is 1. The maximum absolute atomic E-state index is 13.2. The van der Waals surface area contributed by atoms with E-state index in [2.05, 4.69) is 5.32 Å². The predicted molar refractivity (Wildman–Crippen MR) is 138 cm³/mol. The summed E-state index contributed by atoms with van der Waals surface area (Å²) in [7, 11) is 0. The lowest BCUT2D eigenvalue weighted by Gasteiger charge is -2.36. The fourth-order valence-corrected chi connectivity index (χ4v) is 4.07. The highest BCUT2D eigenvalue weighted by molar-refractivity contribution is 5.93. The summed E-state index contributed by atoms with van der Waals surface area (Å²) in [6.07, 6.45) is -1.09. The first-order valence-corrected chi connectivity index (χ1v) is 12.2. The van der Waals surface area contributed by atoms with Crippen molar-refractivity contribution in [3.63, 3.8) is 0 Å². The molecule has 1 aliphatic rings. The van der Waals surface area contributed by atoms with Crippen LogP contribution < -0.4 is 14.8 Å². The smallest absolute Gasteiger partial charge is 0.308 e. The molecule has 37 heavy (non-hydrogen) atoms. The topological polar surface area (TPSA) is 94.2 Å². The Morgan fingerprint density at radius 2 is 1.54 bits per heavy atom. The van der Waals surface area contributed by atoms with Crippen molar-refractivity contribution >= 4 is 17.8 Å². The van der Waals surface area contributed by atoms with E-state index in [1.54, 1.807) is 31.2 Å². The van der Waals surface area contributed by atoms with E-state index in [1.165, 1.54) is 4.90 Å². The normalized spacial score (nSPS) is 15.9. The molecular formula is C29H30N2O6. The Morgan fingerprint density at radius 3 is 2.24 bits per heavy atom. The van der Waals surface area contributed by atoms with Crippen molar-refractivity contribution in [2.24, 2.45) is 0 Å². The summed E-state index contributed by atoms with van der Waals surface area (Å²) in [5.41, 5.74) is 2.12. The molecule has 2 atom stereocenters. The second-order valence-electron chi connectivity index (χ2n) is 8.58. The van der Waals surface area contributed by atoms with Crippen LogP contribution in [-0.4, -0.2) is 61.1 Å². The molecule has 8 heteroatoms. The molecule has 2 unspecified atom stereocenters. The molecule has 8 nitrogen and oxygen atoms in total. The first-order chi connectivity index (χ1) is 18.0. The molecule has 1 aliphatic heterocycles. The molecule has 1 fully saturated rings. The van der Waals surface area contributed by atoms with Crippen LogP contribution in [0.2, 0.25) is 0 Å². The number of amides is 2. The zero-order valence-corrected chi connectivity index (χ0v) is 20.7. The van der Waals surface area contributed by atoms with Crippen LogP contribution in [0.25, 0.3) is 11.1 Å². The third kappa shape index (κ3) is 7.10. The lowest BCUT2D eigenvalue weighted by atomic mass is 10.1. The standard InChI is InChI=1S/C29H30N2O6/c1-21(37-25-14-12-23(13-15-25)22-8-4-2-5-9-22)29(34)31-17-16-30-28(33)26(31)20-27(32)36-19-18-35-24-10-6-3-7-11-24/h2-15,21,26H,16-20H2,1H3,(H,30,33). The van der Waals surface area contributed by atoms with Gasteiger partial charge in [0, 0.05) is 13.1 Å². The van der Waals surface area contributed by atoms with Crippen LogP contribution in [0.15, 0.2) is 84.9 Å². The van der Waals surface area contributed by atoms with E-state index in [1.807, 2.05) is 60.7 Å². The van der Waals surface area contributed by atoms with Crippen LogP contribution in [0.1, 0.15) is 13.3 Å². The summed E-state index contributed by atoms with van der Waals surface area (Å²) in [6, 6.07) is 25.6. The van der Waals surface area contributed by atoms with Crippen LogP contribution >= 0.6 is 0 Å². The fraction of sp³-hybridized carbons (Fsp3) is 0.276. The van der Waals surface area contributed by atoms with Gasteiger partial charge in [0.05, 0.1) is 6.42 Å². The largest absolute Gasteiger partial charge is 0.490 e. The van der Waals surface area contributed by atoms with E-state index >= 15 is 0 Å². The lowest BCUT2D eigenvalue weighted by Crippen LogP contribution is -2.60. The first-order valence-electron chi connectivity index (χ1n) is 12.2. The number of carbonyl (C=O) groups is 3. The Bertz CT molecular complexity index is 1180. The Hall–Kier alpha value is -4.33. The third-order valence-corrected chi connectivity index (χ3v) is 5.95. The number of piperazine rings is 1. The van der Waals surface area contributed by atoms with Crippen molar-refractivity contribution in [3.8, 4) is 22.6 Å². The second-order valence-corrected chi connectivity index (χ2v) is 8.58. The quantitative estimate of drug-likeness (QED) is 0.337. The van der Waals surface area contributed by atoms with Crippen LogP contribution in [0, 0.1) is 0 Å². The minimum absolute atomic E-state index is 0.0362. The molecule has 1 N–H and O–H groups in total. The fourth-order valence-electron chi connectivity index (χ4n) is 4.07. The minimum atomic E-state index is -0.963. The highest BCUT2D eigenvalue weighted by atomic mass is 16.6. The van der Waals surface area contributed by atoms with Crippen molar-refractivity contribution in [2.45, 2.75) is 25.5 Å². The van der Waals surface area contributed by atoms with Gasteiger partial charge in [-0.15, -0.1) is 0 Å². The highest BCUT2D eigenvalue weighted by Crippen LogP contribution is 2.23. The van der Waals surface area contributed by atoms with Gasteiger partial charge >= 0.3 is 5.97 Å². The molecule has 1 saturated heterocycles. The van der Waals surface area contributed by atoms with Crippen molar-refractivity contribution in [3.05, 3.63) is 84.9 Å². The molecule has 3 aromatic carbocycles. The van der Waals surface area contributed by atoms with Gasteiger partial charge in [0.15, 0.2) is 6.10 Å². The molecule has 0 spiro atoms. The van der Waals surface area contributed by atoms with Crippen LogP contribution in [0.4, 0.5) is 0 Å².